The number of primary amides is 1. The molecule has 0 aromatic rings. The number of carbonyl (C=O) groups excluding carboxylic acids is 3. The normalized spacial score (nSPS) is 24.4. The Balaban J connectivity index is 2.87. The highest BCUT2D eigenvalue weighted by Gasteiger charge is 2.34. The lowest BCUT2D eigenvalue weighted by atomic mass is 9.89. The van der Waals surface area contributed by atoms with E-state index in [0.29, 0.717) is 6.42 Å². The lowest BCUT2D eigenvalue weighted by Gasteiger charge is -2.31. The van der Waals surface area contributed by atoms with Crippen molar-refractivity contribution in [2.24, 2.45) is 11.7 Å². The fourth-order valence-electron chi connectivity index (χ4n) is 2.66. The molecule has 9 nitrogen and oxygen atoms in total. The molecule has 4 atom stereocenters. The number of nitrogens with two attached hydrogens (primary N) is 2. The van der Waals surface area contributed by atoms with E-state index < -0.39 is 36.1 Å². The van der Waals surface area contributed by atoms with Gasteiger partial charge < -0.3 is 31.9 Å². The quantitative estimate of drug-likeness (QED) is 0.268. The van der Waals surface area contributed by atoms with Crippen molar-refractivity contribution in [2.45, 2.75) is 51.0 Å². The number of hydrogen-bond acceptors (Lipinski definition) is 5. The molecule has 0 heterocycles. The van der Waals surface area contributed by atoms with Gasteiger partial charge in [0.15, 0.2) is 6.54 Å². The number of aliphatic hydroxyl groups excluding tert-OH is 2. The lowest BCUT2D eigenvalue weighted by Crippen LogP contribution is -2.82. The summed E-state index contributed by atoms with van der Waals surface area (Å²) in [6.07, 6.45) is -0.676. The summed E-state index contributed by atoms with van der Waals surface area (Å²) in [6, 6.07) is -1.70. The average molecular weight is 357 g/mol. The Morgan fingerprint density at radius 1 is 1.36 bits per heavy atom. The van der Waals surface area contributed by atoms with Crippen molar-refractivity contribution < 1.29 is 29.9 Å². The molecule has 142 valence electrons. The Kier molecular flexibility index (Phi) is 8.01. The zero-order valence-corrected chi connectivity index (χ0v) is 14.9. The van der Waals surface area contributed by atoms with E-state index in [9.17, 15) is 24.6 Å². The maximum absolute atomic E-state index is 12.4. The number of nitrogens with one attached hydrogen (secondary N) is 2. The Labute approximate surface area is 147 Å². The van der Waals surface area contributed by atoms with Crippen LogP contribution in [0.3, 0.4) is 0 Å². The van der Waals surface area contributed by atoms with Gasteiger partial charge in [-0.05, 0) is 12.3 Å². The van der Waals surface area contributed by atoms with E-state index in [1.807, 2.05) is 13.8 Å². The van der Waals surface area contributed by atoms with Crippen LogP contribution >= 0.6 is 0 Å². The number of amides is 3. The van der Waals surface area contributed by atoms with Gasteiger partial charge in [0, 0.05) is 12.0 Å². The van der Waals surface area contributed by atoms with Gasteiger partial charge in [0.05, 0.1) is 19.2 Å². The van der Waals surface area contributed by atoms with E-state index in [-0.39, 0.29) is 30.4 Å². The molecule has 0 aromatic carbocycles. The molecule has 0 unspecified atom stereocenters. The van der Waals surface area contributed by atoms with E-state index in [0.717, 1.165) is 0 Å². The molecule has 8 N–H and O–H groups in total. The van der Waals surface area contributed by atoms with Crippen LogP contribution in [0, 0.1) is 5.92 Å². The van der Waals surface area contributed by atoms with Crippen LogP contribution in [0.2, 0.25) is 0 Å². The summed E-state index contributed by atoms with van der Waals surface area (Å²) in [5, 5.41) is 26.8. The topological polar surface area (TPSA) is 158 Å². The van der Waals surface area contributed by atoms with Crippen LogP contribution in [-0.2, 0) is 14.4 Å². The number of likely N-dealkylation sites (N-methyl/N-ethyl adjacent to an activating group) is 1. The number of aliphatic hydroxyl groups is 2. The van der Waals surface area contributed by atoms with Crippen LogP contribution in [0.25, 0.3) is 0 Å². The molecule has 0 aromatic heterocycles. The molecule has 0 radical (unpaired) electrons. The zero-order chi connectivity index (χ0) is 19.1. The number of hydrogen-bond donors (Lipinski definition) is 6. The van der Waals surface area contributed by atoms with Gasteiger partial charge in [-0.1, -0.05) is 19.9 Å². The first-order valence-corrected chi connectivity index (χ1v) is 8.39. The molecule has 0 saturated carbocycles. The Bertz CT molecular complexity index is 535. The van der Waals surface area contributed by atoms with Crippen molar-refractivity contribution in [3.8, 4) is 0 Å². The summed E-state index contributed by atoms with van der Waals surface area (Å²) in [5.74, 6) is -1.35. The summed E-state index contributed by atoms with van der Waals surface area (Å²) in [5.41, 5.74) is 5.51. The molecule has 0 bridgehead atoms. The third-order valence-electron chi connectivity index (χ3n) is 3.94. The van der Waals surface area contributed by atoms with Gasteiger partial charge in [0.25, 0.3) is 5.91 Å². The standard InChI is InChI=1S/C16H28N4O5/c1-8(2)4-11(15(17)24)20-16(25)9-5-10(14(23)12(21)6-9)19-13(22)7-18-3/h5,8,10-12,14,18,21,23H,4,6-7H2,1-3H3,(H2,17,24)(H,19,22)(H,20,25)/p+1/t10-,11-,12-,14-/m1/s1. The van der Waals surface area contributed by atoms with Crippen molar-refractivity contribution in [1.29, 1.82) is 0 Å². The number of rotatable bonds is 8. The monoisotopic (exact) mass is 357 g/mol. The predicted octanol–water partition coefficient (Wildman–Crippen LogP) is -3.27. The van der Waals surface area contributed by atoms with Crippen molar-refractivity contribution in [2.75, 3.05) is 13.6 Å². The first-order valence-electron chi connectivity index (χ1n) is 8.39. The van der Waals surface area contributed by atoms with Gasteiger partial charge >= 0.3 is 0 Å². The zero-order valence-electron chi connectivity index (χ0n) is 14.9. The minimum absolute atomic E-state index is 0.0770. The van der Waals surface area contributed by atoms with Crippen molar-refractivity contribution >= 4 is 17.7 Å². The minimum atomic E-state index is -1.21. The highest BCUT2D eigenvalue weighted by molar-refractivity contribution is 5.97. The molecule has 0 saturated heterocycles. The van der Waals surface area contributed by atoms with Crippen LogP contribution in [0.15, 0.2) is 11.6 Å². The molecule has 25 heavy (non-hydrogen) atoms. The van der Waals surface area contributed by atoms with Gasteiger partial charge in [-0.3, -0.25) is 14.4 Å². The third-order valence-corrected chi connectivity index (χ3v) is 3.94. The molecule has 0 aliphatic heterocycles. The van der Waals surface area contributed by atoms with Crippen molar-refractivity contribution in [1.82, 2.24) is 10.6 Å². The molecule has 1 aliphatic carbocycles. The van der Waals surface area contributed by atoms with Crippen LogP contribution in [0.1, 0.15) is 26.7 Å². The van der Waals surface area contributed by atoms with E-state index in [2.05, 4.69) is 10.6 Å². The lowest BCUT2D eigenvalue weighted by molar-refractivity contribution is -0.615. The second kappa shape index (κ2) is 9.50. The van der Waals surface area contributed by atoms with Crippen LogP contribution < -0.4 is 21.7 Å². The molecule has 9 heteroatoms. The van der Waals surface area contributed by atoms with Gasteiger partial charge in [-0.2, -0.15) is 0 Å². The van der Waals surface area contributed by atoms with Crippen molar-refractivity contribution in [3.63, 3.8) is 0 Å². The van der Waals surface area contributed by atoms with Crippen LogP contribution in [0.4, 0.5) is 0 Å². The average Bonchev–Trinajstić information content (AvgIpc) is 2.50. The number of quaternary nitrogens is 1. The maximum atomic E-state index is 12.4. The van der Waals surface area contributed by atoms with Gasteiger partial charge in [-0.25, -0.2) is 0 Å². The smallest absolute Gasteiger partial charge is 0.275 e. The molecular weight excluding hydrogens is 328 g/mol. The molecule has 0 fully saturated rings. The summed E-state index contributed by atoms with van der Waals surface area (Å²) in [6.45, 7) is 3.96. The summed E-state index contributed by atoms with van der Waals surface area (Å²) < 4.78 is 0. The highest BCUT2D eigenvalue weighted by atomic mass is 16.3. The van der Waals surface area contributed by atoms with E-state index in [1.165, 1.54) is 6.08 Å². The number of carbonyl (C=O) groups is 3. The first-order chi connectivity index (χ1) is 11.6. The Morgan fingerprint density at radius 2 is 2.00 bits per heavy atom. The highest BCUT2D eigenvalue weighted by Crippen LogP contribution is 2.20. The molecule has 1 rings (SSSR count). The fourth-order valence-corrected chi connectivity index (χ4v) is 2.66. The van der Waals surface area contributed by atoms with E-state index in [4.69, 9.17) is 5.73 Å². The minimum Gasteiger partial charge on any atom is -0.390 e. The van der Waals surface area contributed by atoms with Gasteiger partial charge in [0.1, 0.15) is 12.1 Å². The summed E-state index contributed by atoms with van der Waals surface area (Å²) in [4.78, 5) is 35.6. The molecule has 0 spiro atoms. The second-order valence-corrected chi connectivity index (χ2v) is 6.72. The maximum Gasteiger partial charge on any atom is 0.275 e. The van der Waals surface area contributed by atoms with E-state index >= 15 is 0 Å². The first kappa shape index (κ1) is 21.1. The van der Waals surface area contributed by atoms with Crippen molar-refractivity contribution in [3.05, 3.63) is 11.6 Å². The molecule has 3 amide bonds. The largest absolute Gasteiger partial charge is 0.390 e. The van der Waals surface area contributed by atoms with E-state index in [1.54, 1.807) is 12.4 Å². The summed E-state index contributed by atoms with van der Waals surface area (Å²) in [7, 11) is 1.72. The molecule has 1 aliphatic rings. The SMILES string of the molecule is C[NH2+]CC(=O)N[C@@H]1C=C(C(=O)N[C@H](CC(C)C)C(N)=O)C[C@@H](O)[C@@H]1O. The Hall–Kier alpha value is -1.97. The van der Waals surface area contributed by atoms with Gasteiger partial charge in [0.2, 0.25) is 11.8 Å². The fraction of sp³-hybridized carbons (Fsp3) is 0.688. The van der Waals surface area contributed by atoms with Gasteiger partial charge in [-0.15, -0.1) is 0 Å². The summed E-state index contributed by atoms with van der Waals surface area (Å²) >= 11 is 0. The Morgan fingerprint density at radius 3 is 2.52 bits per heavy atom. The van der Waals surface area contributed by atoms with Crippen LogP contribution in [0.5, 0.6) is 0 Å². The third kappa shape index (κ3) is 6.45. The molecular formula is C16H29N4O5+. The van der Waals surface area contributed by atoms with Crippen LogP contribution in [-0.4, -0.2) is 65.8 Å². The predicted molar refractivity (Wildman–Crippen MR) is 89.9 cm³/mol. The second-order valence-electron chi connectivity index (χ2n) is 6.72.